The molecule has 0 radical (unpaired) electrons. The molecule has 3 fully saturated rings. The number of carbonyl (C=O) groups is 3. The monoisotopic (exact) mass is 1460 g/mol. The number of rotatable bonds is 54. The van der Waals surface area contributed by atoms with Gasteiger partial charge in [-0.25, -0.2) is 13.7 Å². The molecule has 0 aromatic rings. The van der Waals surface area contributed by atoms with Crippen molar-refractivity contribution in [1.82, 2.24) is 16.0 Å². The number of aliphatic hydroxyl groups is 9. The second kappa shape index (κ2) is 47.1. The van der Waals surface area contributed by atoms with E-state index in [2.05, 4.69) is 29.5 Å². The maximum atomic E-state index is 12.6. The third-order valence-electron chi connectivity index (χ3n) is 13.3. The lowest BCUT2D eigenvalue weighted by molar-refractivity contribution is -0.301. The third kappa shape index (κ3) is 38.4. The highest BCUT2D eigenvalue weighted by Crippen LogP contribution is 2.39. The number of nitrogens with one attached hydrogen (secondary N) is 3. The normalized spacial score (nSPS) is 27.5. The van der Waals surface area contributed by atoms with Crippen LogP contribution in [-0.4, -0.2) is 363 Å². The van der Waals surface area contributed by atoms with Gasteiger partial charge in [0.15, 0.2) is 18.9 Å². The Kier molecular flexibility index (Phi) is 43.1. The predicted molar refractivity (Wildman–Crippen MR) is 310 cm³/mol. The van der Waals surface area contributed by atoms with Crippen molar-refractivity contribution < 1.29 is 188 Å². The van der Waals surface area contributed by atoms with E-state index in [1.165, 1.54) is 0 Å². The van der Waals surface area contributed by atoms with Gasteiger partial charge in [-0.1, -0.05) is 6.92 Å². The van der Waals surface area contributed by atoms with Gasteiger partial charge in [-0.3, -0.25) is 28.0 Å². The van der Waals surface area contributed by atoms with E-state index < -0.39 is 141 Å². The minimum Gasteiger partial charge on any atom is -0.387 e. The van der Waals surface area contributed by atoms with Crippen LogP contribution < -0.4 is 16.0 Å². The highest BCUT2D eigenvalue weighted by atomic mass is 31.2. The molecule has 0 bridgehead atoms. The number of ether oxygens (including phenoxy) is 15. The lowest BCUT2D eigenvalue weighted by Crippen LogP contribution is -2.59. The van der Waals surface area contributed by atoms with Crippen LogP contribution in [0.15, 0.2) is 0 Å². The first kappa shape index (κ1) is 87.0. The number of phosphoric ester groups is 3. The molecule has 95 heavy (non-hydrogen) atoms. The zero-order valence-electron chi connectivity index (χ0n) is 52.2. The number of amides is 3. The number of hydrogen-bond donors (Lipinski definition) is 18. The van der Waals surface area contributed by atoms with Gasteiger partial charge in [0.2, 0.25) is 17.7 Å². The molecule has 560 valence electrons. The average Bonchev–Trinajstić information content (AvgIpc) is 0.838. The van der Waals surface area contributed by atoms with Crippen LogP contribution in [0.1, 0.15) is 26.2 Å². The Bertz CT molecular complexity index is 2010. The Morgan fingerprint density at radius 2 is 0.568 bits per heavy atom. The molecule has 3 saturated heterocycles. The van der Waals surface area contributed by atoms with Gasteiger partial charge in [0.05, 0.1) is 159 Å². The highest BCUT2D eigenvalue weighted by Gasteiger charge is 2.47. The van der Waals surface area contributed by atoms with Gasteiger partial charge in [0, 0.05) is 44.3 Å². The summed E-state index contributed by atoms with van der Waals surface area (Å²) >= 11 is 0. The van der Waals surface area contributed by atoms with E-state index in [1.807, 2.05) is 0 Å². The van der Waals surface area contributed by atoms with Crippen LogP contribution in [0.5, 0.6) is 0 Å². The standard InChI is InChI=1S/C50H96N3O39P3/c1-50(29-81-8-2-35(54)51-5-11-75-14-17-78-20-23-84-47-44(63)41(60)38(57)32(90-47)26-87-93(66,67)68,30-82-9-3-36(55)52-6-12-76-15-18-79-21-24-85-48-45(64)42(61)39(58)33(91-48)27-88-94(69,70)71)31-83-10-4-37(56)53-7-13-77-16-19-80-22-25-86-49-46(65)43(62)40(59)34(92-49)28-89-95(72,73)74/h32-34,38-49,57-65H,2-31H2,1H3,(H,51,54)(H,52,55)(H,53,56)(H2,66,67,68)(H2,69,70,71)(H2,72,73,74)/t32?,33?,34?,38-,39?,40?,41?,42?,43?,44?,45?,46?,47?,48?,49?,50?/m0/s1. The average molecular weight is 1460 g/mol. The Hall–Kier alpha value is -2.22. The highest BCUT2D eigenvalue weighted by molar-refractivity contribution is 7.46. The number of carbonyl (C=O) groups excluding carboxylic acids is 3. The van der Waals surface area contributed by atoms with E-state index in [9.17, 15) is 74.0 Å². The molecule has 0 aromatic carbocycles. The Morgan fingerprint density at radius 1 is 0.337 bits per heavy atom. The van der Waals surface area contributed by atoms with Crippen molar-refractivity contribution in [3.63, 3.8) is 0 Å². The minimum atomic E-state index is -4.91. The molecular formula is C50H96N3O39P3. The molecule has 45 heteroatoms. The maximum Gasteiger partial charge on any atom is 0.469 e. The first-order valence-electron chi connectivity index (χ1n) is 29.9. The summed E-state index contributed by atoms with van der Waals surface area (Å²) in [5.41, 5.74) is -0.821. The molecule has 0 aliphatic carbocycles. The number of hydrogen-bond acceptors (Lipinski definition) is 33. The lowest BCUT2D eigenvalue weighted by Gasteiger charge is -2.40. The summed E-state index contributed by atoms with van der Waals surface area (Å²) in [6.45, 7) is 0.672. The van der Waals surface area contributed by atoms with E-state index in [0.29, 0.717) is 0 Å². The molecule has 15 atom stereocenters. The van der Waals surface area contributed by atoms with Crippen LogP contribution in [0.2, 0.25) is 0 Å². The fourth-order valence-corrected chi connectivity index (χ4v) is 9.37. The SMILES string of the molecule is CC(COCCC(=O)NCCOCCOCCOC1OC(COP(=O)(O)O)C(O)C(O)C1O)(COCCC(=O)NCCOCCOCCOC1OC(COP(=O)(O)O)C(O)C(O)C1O)COCCC(=O)NCCOCCOCCOC1OC(COP(=O)(O)O)[C@H](O)C(O)C1O. The van der Waals surface area contributed by atoms with Crippen LogP contribution in [0.4, 0.5) is 0 Å². The van der Waals surface area contributed by atoms with Gasteiger partial charge in [-0.05, 0) is 0 Å². The molecule has 18 N–H and O–H groups in total. The summed E-state index contributed by atoms with van der Waals surface area (Å²) in [7, 11) is -14.7. The van der Waals surface area contributed by atoms with Crippen LogP contribution in [0.3, 0.4) is 0 Å². The van der Waals surface area contributed by atoms with Gasteiger partial charge in [-0.15, -0.1) is 0 Å². The van der Waals surface area contributed by atoms with Gasteiger partial charge < -0.3 is 162 Å². The quantitative estimate of drug-likeness (QED) is 0.0199. The first-order valence-corrected chi connectivity index (χ1v) is 34.5. The third-order valence-corrected chi connectivity index (χ3v) is 14.8. The van der Waals surface area contributed by atoms with Crippen LogP contribution in [-0.2, 0) is 113 Å². The van der Waals surface area contributed by atoms with Crippen LogP contribution >= 0.6 is 23.5 Å². The number of phosphoric acid groups is 3. The summed E-state index contributed by atoms with van der Waals surface area (Å²) in [6, 6.07) is 0. The first-order chi connectivity index (χ1) is 44.9. The topological polar surface area (TPSA) is 608 Å². The van der Waals surface area contributed by atoms with E-state index in [1.54, 1.807) is 6.92 Å². The lowest BCUT2D eigenvalue weighted by atomic mass is 9.94. The molecule has 42 nitrogen and oxygen atoms in total. The molecule has 14 unspecified atom stereocenters. The van der Waals surface area contributed by atoms with Gasteiger partial charge in [-0.2, -0.15) is 0 Å². The smallest absolute Gasteiger partial charge is 0.387 e. The zero-order chi connectivity index (χ0) is 70.5. The second-order valence-electron chi connectivity index (χ2n) is 21.5. The summed E-state index contributed by atoms with van der Waals surface area (Å²) in [6.07, 6.45) is -24.1. The van der Waals surface area contributed by atoms with Crippen molar-refractivity contribution in [2.75, 3.05) is 178 Å². The van der Waals surface area contributed by atoms with E-state index in [-0.39, 0.29) is 195 Å². The van der Waals surface area contributed by atoms with Crippen LogP contribution in [0, 0.1) is 5.41 Å². The molecule has 0 spiro atoms. The molecule has 3 amide bonds. The molecule has 3 rings (SSSR count). The molecule has 3 aliphatic heterocycles. The summed E-state index contributed by atoms with van der Waals surface area (Å²) in [4.78, 5) is 91.2. The van der Waals surface area contributed by atoms with Crippen molar-refractivity contribution in [1.29, 1.82) is 0 Å². The van der Waals surface area contributed by atoms with Crippen molar-refractivity contribution in [3.05, 3.63) is 0 Å². The fourth-order valence-electron chi connectivity index (χ4n) is 8.35. The van der Waals surface area contributed by atoms with Crippen molar-refractivity contribution in [2.24, 2.45) is 5.41 Å². The van der Waals surface area contributed by atoms with Gasteiger partial charge >= 0.3 is 23.5 Å². The van der Waals surface area contributed by atoms with Crippen molar-refractivity contribution in [3.8, 4) is 0 Å². The molecule has 3 heterocycles. The predicted octanol–water partition coefficient (Wildman–Crippen LogP) is -8.54. The van der Waals surface area contributed by atoms with Crippen LogP contribution in [0.25, 0.3) is 0 Å². The number of aliphatic hydroxyl groups excluding tert-OH is 9. The molecular weight excluding hydrogens is 1360 g/mol. The molecule has 3 aliphatic rings. The van der Waals surface area contributed by atoms with E-state index >= 15 is 0 Å². The Balaban J connectivity index is 1.30. The fraction of sp³-hybridized carbons (Fsp3) is 0.940. The van der Waals surface area contributed by atoms with E-state index in [0.717, 1.165) is 0 Å². The van der Waals surface area contributed by atoms with Crippen molar-refractivity contribution in [2.45, 2.75) is 118 Å². The van der Waals surface area contributed by atoms with Gasteiger partial charge in [0.1, 0.15) is 73.2 Å². The Morgan fingerprint density at radius 3 is 0.811 bits per heavy atom. The minimum absolute atomic E-state index is 0.00532. The molecule has 0 aromatic heterocycles. The van der Waals surface area contributed by atoms with E-state index in [4.69, 9.17) is 100 Å². The molecule has 0 saturated carbocycles. The summed E-state index contributed by atoms with van der Waals surface area (Å²) in [5.74, 6) is -1.02. The zero-order valence-corrected chi connectivity index (χ0v) is 54.9. The van der Waals surface area contributed by atoms with Gasteiger partial charge in [0.25, 0.3) is 0 Å². The summed E-state index contributed by atoms with van der Waals surface area (Å²) in [5, 5.41) is 99.0. The maximum absolute atomic E-state index is 12.6. The largest absolute Gasteiger partial charge is 0.469 e. The second-order valence-corrected chi connectivity index (χ2v) is 25.2. The summed E-state index contributed by atoms with van der Waals surface area (Å²) < 4.78 is 128. The van der Waals surface area contributed by atoms with Crippen molar-refractivity contribution >= 4 is 41.2 Å². The Labute approximate surface area is 545 Å².